The van der Waals surface area contributed by atoms with Crippen LogP contribution in [-0.2, 0) is 11.3 Å². The lowest BCUT2D eigenvalue weighted by molar-refractivity contribution is -0.0299. The van der Waals surface area contributed by atoms with Crippen LogP contribution in [0.2, 0.25) is 0 Å². The molecule has 0 aromatic heterocycles. The molecular weight excluding hydrogens is 214 g/mol. The second-order valence-electron chi connectivity index (χ2n) is 4.56. The lowest BCUT2D eigenvalue weighted by atomic mass is 10.0. The van der Waals surface area contributed by atoms with Gasteiger partial charge in [-0.25, -0.2) is 0 Å². The summed E-state index contributed by atoms with van der Waals surface area (Å²) in [5, 5.41) is 9.15. The minimum Gasteiger partial charge on any atom is -0.392 e. The summed E-state index contributed by atoms with van der Waals surface area (Å²) in [6.45, 7) is 6.23. The van der Waals surface area contributed by atoms with Gasteiger partial charge < -0.3 is 9.84 Å². The van der Waals surface area contributed by atoms with Crippen LogP contribution in [0, 0.1) is 0 Å². The zero-order chi connectivity index (χ0) is 12.1. The Morgan fingerprint density at radius 1 is 1.47 bits per heavy atom. The Hall–Kier alpha value is -0.900. The van der Waals surface area contributed by atoms with Crippen LogP contribution in [0.3, 0.4) is 0 Å². The summed E-state index contributed by atoms with van der Waals surface area (Å²) in [7, 11) is 0. The minimum atomic E-state index is 0.0965. The number of ether oxygens (including phenoxy) is 1. The molecule has 17 heavy (non-hydrogen) atoms. The van der Waals surface area contributed by atoms with E-state index in [-0.39, 0.29) is 12.7 Å². The van der Waals surface area contributed by atoms with E-state index in [1.54, 1.807) is 0 Å². The van der Waals surface area contributed by atoms with Crippen molar-refractivity contribution in [2.45, 2.75) is 26.1 Å². The molecule has 0 spiro atoms. The number of benzene rings is 1. The van der Waals surface area contributed by atoms with Crippen molar-refractivity contribution >= 4 is 0 Å². The largest absolute Gasteiger partial charge is 0.392 e. The van der Waals surface area contributed by atoms with Crippen molar-refractivity contribution in [2.75, 3.05) is 26.2 Å². The molecule has 1 aliphatic rings. The standard InChI is InChI=1S/C14H21NO2/c1-2-6-15-7-8-17-14(10-15)13-5-3-4-12(9-13)11-16/h3-5,9,14,16H,2,6-8,10-11H2,1H3. The molecule has 1 unspecified atom stereocenters. The fourth-order valence-electron chi connectivity index (χ4n) is 2.32. The summed E-state index contributed by atoms with van der Waals surface area (Å²) in [6.07, 6.45) is 1.34. The quantitative estimate of drug-likeness (QED) is 0.866. The van der Waals surface area contributed by atoms with Crippen LogP contribution in [0.5, 0.6) is 0 Å². The third-order valence-electron chi connectivity index (χ3n) is 3.20. The average molecular weight is 235 g/mol. The van der Waals surface area contributed by atoms with E-state index < -0.39 is 0 Å². The maximum absolute atomic E-state index is 9.15. The van der Waals surface area contributed by atoms with Gasteiger partial charge in [0.2, 0.25) is 0 Å². The summed E-state index contributed by atoms with van der Waals surface area (Å²) < 4.78 is 5.82. The van der Waals surface area contributed by atoms with Gasteiger partial charge in [0.05, 0.1) is 19.3 Å². The molecule has 0 aliphatic carbocycles. The van der Waals surface area contributed by atoms with E-state index in [9.17, 15) is 0 Å². The highest BCUT2D eigenvalue weighted by Gasteiger charge is 2.21. The molecule has 1 atom stereocenters. The van der Waals surface area contributed by atoms with E-state index >= 15 is 0 Å². The Morgan fingerprint density at radius 2 is 2.35 bits per heavy atom. The Morgan fingerprint density at radius 3 is 3.12 bits per heavy atom. The van der Waals surface area contributed by atoms with Crippen molar-refractivity contribution < 1.29 is 9.84 Å². The number of aliphatic hydroxyl groups is 1. The Kier molecular flexibility index (Phi) is 4.54. The van der Waals surface area contributed by atoms with Crippen molar-refractivity contribution in [2.24, 2.45) is 0 Å². The van der Waals surface area contributed by atoms with Crippen LogP contribution in [0.1, 0.15) is 30.6 Å². The zero-order valence-corrected chi connectivity index (χ0v) is 10.4. The van der Waals surface area contributed by atoms with Crippen molar-refractivity contribution in [3.8, 4) is 0 Å². The second kappa shape index (κ2) is 6.15. The number of hydrogen-bond donors (Lipinski definition) is 1. The van der Waals surface area contributed by atoms with Crippen LogP contribution in [0.4, 0.5) is 0 Å². The maximum atomic E-state index is 9.15. The molecule has 3 nitrogen and oxygen atoms in total. The highest BCUT2D eigenvalue weighted by Crippen LogP contribution is 2.23. The molecule has 1 aliphatic heterocycles. The van der Waals surface area contributed by atoms with Crippen LogP contribution in [0.15, 0.2) is 24.3 Å². The van der Waals surface area contributed by atoms with Gasteiger partial charge in [0.25, 0.3) is 0 Å². The van der Waals surface area contributed by atoms with Crippen molar-refractivity contribution in [3.05, 3.63) is 35.4 Å². The Labute approximate surface area is 103 Å². The third-order valence-corrected chi connectivity index (χ3v) is 3.20. The molecule has 1 fully saturated rings. The van der Waals surface area contributed by atoms with Crippen LogP contribution < -0.4 is 0 Å². The molecule has 0 radical (unpaired) electrons. The van der Waals surface area contributed by atoms with E-state index in [4.69, 9.17) is 9.84 Å². The number of hydrogen-bond acceptors (Lipinski definition) is 3. The van der Waals surface area contributed by atoms with Gasteiger partial charge >= 0.3 is 0 Å². The lowest BCUT2D eigenvalue weighted by Crippen LogP contribution is -2.38. The lowest BCUT2D eigenvalue weighted by Gasteiger charge is -2.33. The van der Waals surface area contributed by atoms with Gasteiger partial charge in [0, 0.05) is 13.1 Å². The van der Waals surface area contributed by atoms with Crippen LogP contribution in [0.25, 0.3) is 0 Å². The molecule has 2 rings (SSSR count). The van der Waals surface area contributed by atoms with E-state index in [0.29, 0.717) is 0 Å². The highest BCUT2D eigenvalue weighted by molar-refractivity contribution is 5.25. The molecule has 3 heteroatoms. The number of aliphatic hydroxyl groups excluding tert-OH is 1. The molecule has 0 bridgehead atoms. The van der Waals surface area contributed by atoms with Crippen molar-refractivity contribution in [3.63, 3.8) is 0 Å². The normalized spacial score (nSPS) is 21.6. The fourth-order valence-corrected chi connectivity index (χ4v) is 2.32. The number of nitrogens with zero attached hydrogens (tertiary/aromatic N) is 1. The molecule has 94 valence electrons. The zero-order valence-electron chi connectivity index (χ0n) is 10.4. The van der Waals surface area contributed by atoms with E-state index in [2.05, 4.69) is 17.9 Å². The highest BCUT2D eigenvalue weighted by atomic mass is 16.5. The number of rotatable bonds is 4. The van der Waals surface area contributed by atoms with E-state index in [0.717, 1.165) is 31.8 Å². The predicted octanol–water partition coefficient (Wildman–Crippen LogP) is 1.96. The summed E-state index contributed by atoms with van der Waals surface area (Å²) in [4.78, 5) is 2.44. The van der Waals surface area contributed by atoms with Crippen molar-refractivity contribution in [1.29, 1.82) is 0 Å². The molecule has 0 saturated carbocycles. The Balaban J connectivity index is 2.05. The van der Waals surface area contributed by atoms with Gasteiger partial charge in [-0.3, -0.25) is 4.90 Å². The summed E-state index contributed by atoms with van der Waals surface area (Å²) in [6, 6.07) is 8.05. The molecule has 1 saturated heterocycles. The van der Waals surface area contributed by atoms with Gasteiger partial charge in [0.1, 0.15) is 0 Å². The predicted molar refractivity (Wildman–Crippen MR) is 67.8 cm³/mol. The van der Waals surface area contributed by atoms with Crippen LogP contribution >= 0.6 is 0 Å². The Bertz CT molecular complexity index is 352. The van der Waals surface area contributed by atoms with Gasteiger partial charge in [0.15, 0.2) is 0 Å². The summed E-state index contributed by atoms with van der Waals surface area (Å²) in [5.74, 6) is 0. The molecule has 1 aromatic carbocycles. The maximum Gasteiger partial charge on any atom is 0.0952 e. The first-order chi connectivity index (χ1) is 8.33. The first-order valence-corrected chi connectivity index (χ1v) is 6.37. The molecule has 0 amide bonds. The first kappa shape index (κ1) is 12.6. The van der Waals surface area contributed by atoms with Gasteiger partial charge in [-0.2, -0.15) is 0 Å². The number of morpholine rings is 1. The average Bonchev–Trinajstić information content (AvgIpc) is 2.40. The van der Waals surface area contributed by atoms with Gasteiger partial charge in [-0.15, -0.1) is 0 Å². The molecular formula is C14H21NO2. The summed E-state index contributed by atoms with van der Waals surface area (Å²) >= 11 is 0. The SMILES string of the molecule is CCCN1CCOC(c2cccc(CO)c2)C1. The van der Waals surface area contributed by atoms with Crippen molar-refractivity contribution in [1.82, 2.24) is 4.90 Å². The van der Waals surface area contributed by atoms with E-state index in [1.807, 2.05) is 18.2 Å². The van der Waals surface area contributed by atoms with Gasteiger partial charge in [-0.05, 0) is 24.1 Å². The molecule has 1 aromatic rings. The van der Waals surface area contributed by atoms with E-state index in [1.165, 1.54) is 12.0 Å². The topological polar surface area (TPSA) is 32.7 Å². The van der Waals surface area contributed by atoms with Crippen LogP contribution in [-0.4, -0.2) is 36.2 Å². The molecule has 1 N–H and O–H groups in total. The minimum absolute atomic E-state index is 0.0965. The first-order valence-electron chi connectivity index (χ1n) is 6.37. The monoisotopic (exact) mass is 235 g/mol. The summed E-state index contributed by atoms with van der Waals surface area (Å²) in [5.41, 5.74) is 2.14. The smallest absolute Gasteiger partial charge is 0.0952 e. The second-order valence-corrected chi connectivity index (χ2v) is 4.56. The fraction of sp³-hybridized carbons (Fsp3) is 0.571. The third kappa shape index (κ3) is 3.28. The molecule has 1 heterocycles. The van der Waals surface area contributed by atoms with Gasteiger partial charge in [-0.1, -0.05) is 31.2 Å².